The van der Waals surface area contributed by atoms with E-state index < -0.39 is 11.8 Å². The standard InChI is InChI=1S/C17H27ClN4O3.C2H6/c1-10-13(18)21-15(19-5)22-14(10)20-12-7-6-11(8-12)9-24-16(23)25-17(2,3)4;1-2/h11-12H,6-9H2,1-5H3,(H2,19,20,21,22);1-2H3. The maximum absolute atomic E-state index is 11.6. The first kappa shape index (κ1) is 23.3. The fourth-order valence-electron chi connectivity index (χ4n) is 2.76. The van der Waals surface area contributed by atoms with E-state index in [4.69, 9.17) is 21.1 Å². The summed E-state index contributed by atoms with van der Waals surface area (Å²) in [5.41, 5.74) is 0.292. The van der Waals surface area contributed by atoms with Crippen LogP contribution in [0.15, 0.2) is 0 Å². The summed E-state index contributed by atoms with van der Waals surface area (Å²) in [4.78, 5) is 20.2. The SMILES string of the molecule is CC.CNc1nc(Cl)c(C)c(NC2CCC(COC(=O)OC(C)(C)C)C2)n1. The summed E-state index contributed by atoms with van der Waals surface area (Å²) in [6.07, 6.45) is 2.26. The Morgan fingerprint density at radius 2 is 1.93 bits per heavy atom. The fraction of sp³-hybridized carbons (Fsp3) is 0.737. The molecule has 154 valence electrons. The van der Waals surface area contributed by atoms with Crippen molar-refractivity contribution in [2.45, 2.75) is 72.4 Å². The molecule has 8 heteroatoms. The van der Waals surface area contributed by atoms with E-state index in [1.807, 2.05) is 41.5 Å². The first-order valence-corrected chi connectivity index (χ1v) is 9.90. The molecule has 1 saturated carbocycles. The van der Waals surface area contributed by atoms with Crippen LogP contribution in [0.3, 0.4) is 0 Å². The lowest BCUT2D eigenvalue weighted by Crippen LogP contribution is -2.26. The van der Waals surface area contributed by atoms with Gasteiger partial charge in [-0.05, 0) is 52.9 Å². The Labute approximate surface area is 167 Å². The van der Waals surface area contributed by atoms with Crippen LogP contribution in [0.2, 0.25) is 5.15 Å². The topological polar surface area (TPSA) is 85.4 Å². The van der Waals surface area contributed by atoms with E-state index in [-0.39, 0.29) is 6.04 Å². The van der Waals surface area contributed by atoms with Crippen LogP contribution in [0, 0.1) is 12.8 Å². The number of rotatable bonds is 5. The van der Waals surface area contributed by atoms with Gasteiger partial charge in [-0.2, -0.15) is 4.98 Å². The molecule has 0 amide bonds. The van der Waals surface area contributed by atoms with Gasteiger partial charge >= 0.3 is 6.16 Å². The monoisotopic (exact) mass is 400 g/mol. The normalized spacial score (nSPS) is 19.0. The van der Waals surface area contributed by atoms with Crippen LogP contribution in [0.5, 0.6) is 0 Å². The molecule has 0 saturated heterocycles. The maximum Gasteiger partial charge on any atom is 0.508 e. The van der Waals surface area contributed by atoms with Gasteiger partial charge in [0.25, 0.3) is 0 Å². The average Bonchev–Trinajstić information content (AvgIpc) is 3.04. The molecule has 1 fully saturated rings. The molecule has 1 aliphatic rings. The van der Waals surface area contributed by atoms with Gasteiger partial charge in [0.2, 0.25) is 5.95 Å². The Balaban J connectivity index is 0.00000176. The number of carbonyl (C=O) groups excluding carboxylic acids is 1. The molecule has 27 heavy (non-hydrogen) atoms. The van der Waals surface area contributed by atoms with E-state index in [9.17, 15) is 4.79 Å². The summed E-state index contributed by atoms with van der Waals surface area (Å²) in [5.74, 6) is 1.54. The highest BCUT2D eigenvalue weighted by atomic mass is 35.5. The van der Waals surface area contributed by atoms with E-state index in [0.717, 1.165) is 30.6 Å². The van der Waals surface area contributed by atoms with Crippen LogP contribution in [0.25, 0.3) is 0 Å². The van der Waals surface area contributed by atoms with Gasteiger partial charge in [0.1, 0.15) is 16.6 Å². The molecular formula is C19H33ClN4O3. The van der Waals surface area contributed by atoms with E-state index >= 15 is 0 Å². The van der Waals surface area contributed by atoms with Gasteiger partial charge in [0.15, 0.2) is 0 Å². The Morgan fingerprint density at radius 3 is 2.52 bits per heavy atom. The predicted molar refractivity (Wildman–Crippen MR) is 110 cm³/mol. The van der Waals surface area contributed by atoms with Gasteiger partial charge in [-0.25, -0.2) is 9.78 Å². The van der Waals surface area contributed by atoms with E-state index in [1.54, 1.807) is 7.05 Å². The van der Waals surface area contributed by atoms with Crippen molar-refractivity contribution in [3.05, 3.63) is 10.7 Å². The molecule has 1 aliphatic carbocycles. The molecule has 0 bridgehead atoms. The van der Waals surface area contributed by atoms with Crippen LogP contribution in [-0.2, 0) is 9.47 Å². The van der Waals surface area contributed by atoms with Crippen molar-refractivity contribution in [1.29, 1.82) is 0 Å². The zero-order valence-electron chi connectivity index (χ0n) is 17.5. The third kappa shape index (κ3) is 7.79. The number of anilines is 2. The van der Waals surface area contributed by atoms with Crippen molar-refractivity contribution in [3.63, 3.8) is 0 Å². The third-order valence-electron chi connectivity index (χ3n) is 4.02. The molecule has 2 rings (SSSR count). The molecule has 0 spiro atoms. The molecule has 0 aliphatic heterocycles. The van der Waals surface area contributed by atoms with Gasteiger partial charge < -0.3 is 20.1 Å². The lowest BCUT2D eigenvalue weighted by molar-refractivity contribution is -0.0128. The molecule has 1 aromatic heterocycles. The van der Waals surface area contributed by atoms with Crippen LogP contribution in [-0.4, -0.2) is 41.4 Å². The van der Waals surface area contributed by atoms with Crippen molar-refractivity contribution < 1.29 is 14.3 Å². The third-order valence-corrected chi connectivity index (χ3v) is 4.39. The summed E-state index contributed by atoms with van der Waals surface area (Å²) in [6, 6.07) is 0.265. The minimum Gasteiger partial charge on any atom is -0.434 e. The molecule has 0 radical (unpaired) electrons. The zero-order chi connectivity index (χ0) is 20.6. The number of nitrogens with zero attached hydrogens (tertiary/aromatic N) is 2. The van der Waals surface area contributed by atoms with Gasteiger partial charge in [-0.3, -0.25) is 0 Å². The number of hydrogen-bond donors (Lipinski definition) is 2. The molecule has 2 atom stereocenters. The second kappa shape index (κ2) is 10.5. The molecule has 1 aromatic rings. The Hall–Kier alpha value is -1.76. The first-order valence-electron chi connectivity index (χ1n) is 9.52. The van der Waals surface area contributed by atoms with Crippen LogP contribution >= 0.6 is 11.6 Å². The summed E-state index contributed by atoms with van der Waals surface area (Å²) in [5, 5.41) is 6.77. The molecule has 0 aromatic carbocycles. The first-order chi connectivity index (χ1) is 12.7. The smallest absolute Gasteiger partial charge is 0.434 e. The Kier molecular flexibility index (Phi) is 9.09. The van der Waals surface area contributed by atoms with Gasteiger partial charge in [-0.1, -0.05) is 25.4 Å². The number of ether oxygens (including phenoxy) is 2. The number of halogens is 1. The minimum atomic E-state index is -0.610. The second-order valence-corrected chi connectivity index (χ2v) is 7.72. The highest BCUT2D eigenvalue weighted by molar-refractivity contribution is 6.30. The lowest BCUT2D eigenvalue weighted by atomic mass is 10.1. The zero-order valence-corrected chi connectivity index (χ0v) is 18.2. The molecule has 2 unspecified atom stereocenters. The van der Waals surface area contributed by atoms with Crippen molar-refractivity contribution in [3.8, 4) is 0 Å². The van der Waals surface area contributed by atoms with E-state index in [2.05, 4.69) is 20.6 Å². The van der Waals surface area contributed by atoms with Crippen molar-refractivity contribution in [2.24, 2.45) is 5.92 Å². The van der Waals surface area contributed by atoms with Crippen LogP contribution in [0.1, 0.15) is 59.4 Å². The van der Waals surface area contributed by atoms with Crippen LogP contribution in [0.4, 0.5) is 16.6 Å². The van der Waals surface area contributed by atoms with Crippen LogP contribution < -0.4 is 10.6 Å². The summed E-state index contributed by atoms with van der Waals surface area (Å²) in [6.45, 7) is 11.7. The van der Waals surface area contributed by atoms with E-state index in [0.29, 0.717) is 23.6 Å². The maximum atomic E-state index is 11.6. The van der Waals surface area contributed by atoms with Crippen molar-refractivity contribution in [1.82, 2.24) is 9.97 Å². The van der Waals surface area contributed by atoms with E-state index in [1.165, 1.54) is 0 Å². The van der Waals surface area contributed by atoms with Crippen molar-refractivity contribution in [2.75, 3.05) is 24.3 Å². The number of nitrogens with one attached hydrogen (secondary N) is 2. The highest BCUT2D eigenvalue weighted by Gasteiger charge is 2.27. The fourth-order valence-corrected chi connectivity index (χ4v) is 2.93. The molecule has 1 heterocycles. The second-order valence-electron chi connectivity index (χ2n) is 7.36. The average molecular weight is 401 g/mol. The highest BCUT2D eigenvalue weighted by Crippen LogP contribution is 2.30. The molecule has 2 N–H and O–H groups in total. The number of aromatic nitrogens is 2. The van der Waals surface area contributed by atoms with Gasteiger partial charge in [0.05, 0.1) is 6.61 Å². The summed E-state index contributed by atoms with van der Waals surface area (Å²) in [7, 11) is 1.75. The summed E-state index contributed by atoms with van der Waals surface area (Å²) >= 11 is 6.15. The molecule has 7 nitrogen and oxygen atoms in total. The lowest BCUT2D eigenvalue weighted by Gasteiger charge is -2.20. The number of carbonyl (C=O) groups is 1. The minimum absolute atomic E-state index is 0.265. The van der Waals surface area contributed by atoms with Gasteiger partial charge in [0, 0.05) is 18.7 Å². The summed E-state index contributed by atoms with van der Waals surface area (Å²) < 4.78 is 10.4. The van der Waals surface area contributed by atoms with Gasteiger partial charge in [-0.15, -0.1) is 0 Å². The molecular weight excluding hydrogens is 368 g/mol. The van der Waals surface area contributed by atoms with Crippen molar-refractivity contribution >= 4 is 29.5 Å². The Morgan fingerprint density at radius 1 is 1.26 bits per heavy atom. The quantitative estimate of drug-likeness (QED) is 0.529. The number of hydrogen-bond acceptors (Lipinski definition) is 7. The Bertz CT molecular complexity index is 620. The largest absolute Gasteiger partial charge is 0.508 e. The predicted octanol–water partition coefficient (Wildman–Crippen LogP) is 5.04.